The molecule has 0 saturated carbocycles. The molecular formula is C21H17ClF4N4. The highest BCUT2D eigenvalue weighted by Gasteiger charge is 2.30. The van der Waals surface area contributed by atoms with E-state index in [1.165, 1.54) is 18.5 Å². The molecule has 0 amide bonds. The minimum Gasteiger partial charge on any atom is -0.327 e. The number of benzene rings is 2. The van der Waals surface area contributed by atoms with Gasteiger partial charge in [0.05, 0.1) is 5.52 Å². The number of hydrogen-bond donors (Lipinski definition) is 0. The Hall–Kier alpha value is -2.71. The predicted molar refractivity (Wildman–Crippen MR) is 108 cm³/mol. The van der Waals surface area contributed by atoms with Crippen LogP contribution in [0.3, 0.4) is 0 Å². The van der Waals surface area contributed by atoms with Gasteiger partial charge in [-0.1, -0.05) is 29.8 Å². The number of hydrogen-bond acceptors (Lipinski definition) is 3. The van der Waals surface area contributed by atoms with Gasteiger partial charge in [0.1, 0.15) is 29.7 Å². The van der Waals surface area contributed by atoms with Crippen molar-refractivity contribution in [1.82, 2.24) is 19.4 Å². The monoisotopic (exact) mass is 436 g/mol. The highest BCUT2D eigenvalue weighted by molar-refractivity contribution is 6.34. The molecule has 0 aliphatic rings. The molecule has 2 aromatic carbocycles. The summed E-state index contributed by atoms with van der Waals surface area (Å²) in [6.07, 6.45) is -3.17. The minimum absolute atomic E-state index is 0.0229. The van der Waals surface area contributed by atoms with E-state index >= 15 is 0 Å². The zero-order valence-electron chi connectivity index (χ0n) is 15.9. The highest BCUT2D eigenvalue weighted by atomic mass is 35.5. The molecule has 9 heteroatoms. The van der Waals surface area contributed by atoms with E-state index in [1.807, 2.05) is 24.1 Å². The third-order valence-corrected chi connectivity index (χ3v) is 5.06. The van der Waals surface area contributed by atoms with Crippen LogP contribution in [-0.2, 0) is 19.6 Å². The lowest BCUT2D eigenvalue weighted by Gasteiger charge is -2.17. The number of rotatable bonds is 5. The molecule has 0 spiro atoms. The first-order valence-corrected chi connectivity index (χ1v) is 9.50. The normalized spacial score (nSPS) is 12.4. The Morgan fingerprint density at radius 2 is 1.77 bits per heavy atom. The van der Waals surface area contributed by atoms with Gasteiger partial charge >= 0.3 is 6.18 Å². The van der Waals surface area contributed by atoms with Gasteiger partial charge in [-0.2, -0.15) is 13.2 Å². The fraction of sp³-hybridized carbons (Fsp3) is 0.238. The second-order valence-corrected chi connectivity index (χ2v) is 7.57. The Balaban J connectivity index is 1.70. The molecule has 0 bridgehead atoms. The lowest BCUT2D eigenvalue weighted by Crippen LogP contribution is -2.18. The van der Waals surface area contributed by atoms with Crippen LogP contribution >= 0.6 is 11.6 Å². The van der Waals surface area contributed by atoms with Crippen molar-refractivity contribution in [2.75, 3.05) is 7.05 Å². The molecule has 4 aromatic rings. The summed E-state index contributed by atoms with van der Waals surface area (Å²) in [4.78, 5) is 10.0. The first-order valence-electron chi connectivity index (χ1n) is 9.12. The van der Waals surface area contributed by atoms with Gasteiger partial charge in [-0.3, -0.25) is 4.90 Å². The van der Waals surface area contributed by atoms with Crippen molar-refractivity contribution in [2.45, 2.75) is 25.8 Å². The zero-order chi connectivity index (χ0) is 21.5. The quantitative estimate of drug-likeness (QED) is 0.303. The molecule has 2 aromatic heterocycles. The van der Waals surface area contributed by atoms with E-state index < -0.39 is 12.7 Å². The number of halogens is 5. The third kappa shape index (κ3) is 4.24. The molecule has 0 saturated heterocycles. The van der Waals surface area contributed by atoms with Crippen molar-refractivity contribution in [1.29, 1.82) is 0 Å². The third-order valence-electron chi connectivity index (χ3n) is 4.79. The van der Waals surface area contributed by atoms with E-state index in [0.29, 0.717) is 29.5 Å². The summed E-state index contributed by atoms with van der Waals surface area (Å²) in [6, 6.07) is 11.6. The van der Waals surface area contributed by atoms with Crippen molar-refractivity contribution in [3.05, 3.63) is 70.9 Å². The molecular weight excluding hydrogens is 420 g/mol. The van der Waals surface area contributed by atoms with Gasteiger partial charge in [0, 0.05) is 18.5 Å². The van der Waals surface area contributed by atoms with Crippen LogP contribution in [0.4, 0.5) is 17.6 Å². The van der Waals surface area contributed by atoms with Gasteiger partial charge in [-0.15, -0.1) is 0 Å². The molecule has 4 nitrogen and oxygen atoms in total. The van der Waals surface area contributed by atoms with E-state index in [-0.39, 0.29) is 16.5 Å². The van der Waals surface area contributed by atoms with Crippen LogP contribution in [-0.4, -0.2) is 32.7 Å². The topological polar surface area (TPSA) is 34.0 Å². The average molecular weight is 437 g/mol. The first-order chi connectivity index (χ1) is 14.2. The van der Waals surface area contributed by atoms with E-state index in [9.17, 15) is 17.6 Å². The standard InChI is InChI=1S/C21H17ClF4N4/c1-29(9-13-3-2-4-15(23)7-13)10-14-5-6-17-16(8-14)18-19(20(22)28-12-27-18)30(17)11-21(24,25)26/h2-8,12H,9-11H2,1H3. The Kier molecular flexibility index (Phi) is 5.38. The molecule has 0 unspecified atom stereocenters. The lowest BCUT2D eigenvalue weighted by atomic mass is 10.1. The molecule has 0 atom stereocenters. The van der Waals surface area contributed by atoms with Crippen molar-refractivity contribution in [2.24, 2.45) is 0 Å². The maximum atomic E-state index is 13.4. The summed E-state index contributed by atoms with van der Waals surface area (Å²) in [5.41, 5.74) is 2.66. The molecule has 0 aliphatic carbocycles. The van der Waals surface area contributed by atoms with Crippen LogP contribution in [0.5, 0.6) is 0 Å². The zero-order valence-corrected chi connectivity index (χ0v) is 16.7. The summed E-state index contributed by atoms with van der Waals surface area (Å²) >= 11 is 6.11. The Morgan fingerprint density at radius 1 is 1.03 bits per heavy atom. The van der Waals surface area contributed by atoms with Crippen molar-refractivity contribution >= 4 is 33.5 Å². The van der Waals surface area contributed by atoms with Crippen molar-refractivity contribution in [3.63, 3.8) is 0 Å². The first kappa shape index (κ1) is 20.6. The van der Waals surface area contributed by atoms with Gasteiger partial charge in [-0.05, 0) is 42.4 Å². The fourth-order valence-corrected chi connectivity index (χ4v) is 3.91. The maximum absolute atomic E-state index is 13.4. The Morgan fingerprint density at radius 3 is 2.47 bits per heavy atom. The maximum Gasteiger partial charge on any atom is 0.406 e. The van der Waals surface area contributed by atoms with Crippen molar-refractivity contribution in [3.8, 4) is 0 Å². The summed E-state index contributed by atoms with van der Waals surface area (Å²) in [5.74, 6) is -0.295. The number of fused-ring (bicyclic) bond motifs is 3. The second kappa shape index (κ2) is 7.85. The van der Waals surface area contributed by atoms with Gasteiger partial charge < -0.3 is 4.57 Å². The van der Waals surface area contributed by atoms with E-state index in [2.05, 4.69) is 9.97 Å². The van der Waals surface area contributed by atoms with Crippen LogP contribution in [0.1, 0.15) is 11.1 Å². The largest absolute Gasteiger partial charge is 0.406 e. The van der Waals surface area contributed by atoms with Gasteiger partial charge in [0.2, 0.25) is 0 Å². The average Bonchev–Trinajstić information content (AvgIpc) is 2.95. The summed E-state index contributed by atoms with van der Waals surface area (Å²) in [5, 5.41) is 0.556. The van der Waals surface area contributed by atoms with Crippen molar-refractivity contribution < 1.29 is 17.6 Å². The molecule has 30 heavy (non-hydrogen) atoms. The lowest BCUT2D eigenvalue weighted by molar-refractivity contribution is -0.139. The SMILES string of the molecule is CN(Cc1cccc(F)c1)Cc1ccc2c(c1)c1ncnc(Cl)c1n2CC(F)(F)F. The van der Waals surface area contributed by atoms with Gasteiger partial charge in [-0.25, -0.2) is 14.4 Å². The second-order valence-electron chi connectivity index (χ2n) is 7.22. The smallest absolute Gasteiger partial charge is 0.327 e. The summed E-state index contributed by atoms with van der Waals surface area (Å²) in [6.45, 7) is -0.129. The number of alkyl halides is 3. The molecule has 0 aliphatic heterocycles. The predicted octanol–water partition coefficient (Wildman–Crippen LogP) is 5.57. The molecule has 4 rings (SSSR count). The summed E-state index contributed by atoms with van der Waals surface area (Å²) < 4.78 is 54.0. The van der Waals surface area contributed by atoms with Crippen LogP contribution < -0.4 is 0 Å². The Bertz CT molecular complexity index is 1220. The van der Waals surface area contributed by atoms with Crippen LogP contribution in [0.25, 0.3) is 21.9 Å². The minimum atomic E-state index is -4.41. The van der Waals surface area contributed by atoms with Crippen LogP contribution in [0.2, 0.25) is 5.15 Å². The number of nitrogens with zero attached hydrogens (tertiary/aromatic N) is 4. The van der Waals surface area contributed by atoms with Gasteiger partial charge in [0.25, 0.3) is 0 Å². The highest BCUT2D eigenvalue weighted by Crippen LogP contribution is 2.34. The molecule has 0 N–H and O–H groups in total. The van der Waals surface area contributed by atoms with E-state index in [4.69, 9.17) is 11.6 Å². The molecule has 0 fully saturated rings. The Labute approximate surface area is 174 Å². The molecule has 156 valence electrons. The van der Waals surface area contributed by atoms with Crippen LogP contribution in [0, 0.1) is 5.82 Å². The number of aromatic nitrogens is 3. The van der Waals surface area contributed by atoms with Gasteiger partial charge in [0.15, 0.2) is 5.15 Å². The van der Waals surface area contributed by atoms with Crippen LogP contribution in [0.15, 0.2) is 48.8 Å². The fourth-order valence-electron chi connectivity index (χ4n) is 3.68. The molecule has 0 radical (unpaired) electrons. The molecule has 2 heterocycles. The van der Waals surface area contributed by atoms with E-state index in [1.54, 1.807) is 18.2 Å². The summed E-state index contributed by atoms with van der Waals surface area (Å²) in [7, 11) is 1.89. The van der Waals surface area contributed by atoms with E-state index in [0.717, 1.165) is 15.7 Å².